The highest BCUT2D eigenvalue weighted by Crippen LogP contribution is 2.21. The molecule has 2 amide bonds. The molecule has 0 aliphatic carbocycles. The van der Waals surface area contributed by atoms with Crippen molar-refractivity contribution in [2.24, 2.45) is 0 Å². The molecule has 0 bridgehead atoms. The van der Waals surface area contributed by atoms with Crippen molar-refractivity contribution in [1.29, 1.82) is 0 Å². The second kappa shape index (κ2) is 4.37. The molecule has 1 aliphatic rings. The Bertz CT molecular complexity index is 460. The Morgan fingerprint density at radius 1 is 1.18 bits per heavy atom. The first-order chi connectivity index (χ1) is 8.15. The lowest BCUT2D eigenvalue weighted by molar-refractivity contribution is -0.143. The van der Waals surface area contributed by atoms with Gasteiger partial charge < -0.3 is 4.74 Å². The van der Waals surface area contributed by atoms with Crippen LogP contribution in [-0.2, 0) is 9.53 Å². The third kappa shape index (κ3) is 1.91. The Kier molecular flexibility index (Phi) is 2.91. The second-order valence-corrected chi connectivity index (χ2v) is 3.55. The quantitative estimate of drug-likeness (QED) is 0.442. The highest BCUT2D eigenvalue weighted by Gasteiger charge is 2.36. The fourth-order valence-electron chi connectivity index (χ4n) is 1.72. The molecule has 5 nitrogen and oxygen atoms in total. The van der Waals surface area contributed by atoms with E-state index in [1.165, 1.54) is 0 Å². The van der Waals surface area contributed by atoms with Crippen molar-refractivity contribution in [3.8, 4) is 0 Å². The molecule has 0 atom stereocenters. The summed E-state index contributed by atoms with van der Waals surface area (Å²) >= 11 is 0. The first-order valence-electron chi connectivity index (χ1n) is 5.26. The van der Waals surface area contributed by atoms with Crippen LogP contribution in [0.4, 0.5) is 0 Å². The Morgan fingerprint density at radius 2 is 1.71 bits per heavy atom. The summed E-state index contributed by atoms with van der Waals surface area (Å²) in [6.45, 7) is 1.56. The van der Waals surface area contributed by atoms with Crippen molar-refractivity contribution >= 4 is 17.8 Å². The SMILES string of the molecule is CCO[13C](=O)[13CH2]N1C(=O)c2ccccc2C1=O. The van der Waals surface area contributed by atoms with Crippen molar-refractivity contribution < 1.29 is 19.1 Å². The molecule has 0 N–H and O–H groups in total. The van der Waals surface area contributed by atoms with E-state index in [9.17, 15) is 14.4 Å². The number of amides is 2. The molecule has 5 heteroatoms. The van der Waals surface area contributed by atoms with E-state index in [2.05, 4.69) is 0 Å². The minimum Gasteiger partial charge on any atom is -0.465 e. The van der Waals surface area contributed by atoms with Crippen LogP contribution in [0.1, 0.15) is 27.6 Å². The first kappa shape index (κ1) is 11.3. The van der Waals surface area contributed by atoms with Gasteiger partial charge in [0.2, 0.25) is 0 Å². The average Bonchev–Trinajstić information content (AvgIpc) is 2.56. The van der Waals surface area contributed by atoms with E-state index in [-0.39, 0.29) is 13.2 Å². The van der Waals surface area contributed by atoms with E-state index in [1.54, 1.807) is 31.2 Å². The van der Waals surface area contributed by atoms with Crippen molar-refractivity contribution in [3.05, 3.63) is 35.4 Å². The molecule has 1 aromatic rings. The number of carbonyl (C=O) groups excluding carboxylic acids is 3. The van der Waals surface area contributed by atoms with Gasteiger partial charge in [0.15, 0.2) is 0 Å². The van der Waals surface area contributed by atoms with Gasteiger partial charge in [-0.15, -0.1) is 0 Å². The molecule has 0 saturated heterocycles. The number of benzene rings is 1. The molecule has 0 fully saturated rings. The molecule has 0 unspecified atom stereocenters. The molecule has 88 valence electrons. The van der Waals surface area contributed by atoms with Crippen LogP contribution in [0.3, 0.4) is 0 Å². The number of carbonyl (C=O) groups is 3. The molecular weight excluding hydrogens is 224 g/mol. The summed E-state index contributed by atoms with van der Waals surface area (Å²) in [5.74, 6) is -1.47. The van der Waals surface area contributed by atoms with Crippen LogP contribution in [0.2, 0.25) is 0 Å². The Hall–Kier alpha value is -2.17. The number of imide groups is 1. The minimum atomic E-state index is -0.581. The zero-order chi connectivity index (χ0) is 12.4. The van der Waals surface area contributed by atoms with Crippen molar-refractivity contribution in [2.45, 2.75) is 6.92 Å². The Labute approximate surface area is 98.0 Å². The van der Waals surface area contributed by atoms with Crippen molar-refractivity contribution in [3.63, 3.8) is 0 Å². The topological polar surface area (TPSA) is 63.7 Å². The van der Waals surface area contributed by atoms with E-state index < -0.39 is 17.8 Å². The van der Waals surface area contributed by atoms with Crippen LogP contribution in [0.25, 0.3) is 0 Å². The molecule has 0 spiro atoms. The van der Waals surface area contributed by atoms with E-state index in [4.69, 9.17) is 4.74 Å². The van der Waals surface area contributed by atoms with Crippen LogP contribution >= 0.6 is 0 Å². The minimum absolute atomic E-state index is 0.224. The van der Waals surface area contributed by atoms with Gasteiger partial charge in [-0.25, -0.2) is 0 Å². The molecule has 17 heavy (non-hydrogen) atoms. The van der Waals surface area contributed by atoms with E-state index in [1.807, 2.05) is 0 Å². The molecule has 0 aromatic heterocycles. The van der Waals surface area contributed by atoms with E-state index >= 15 is 0 Å². The Balaban J connectivity index is 2.22. The van der Waals surface area contributed by atoms with Gasteiger partial charge in [0.05, 0.1) is 17.7 Å². The summed E-state index contributed by atoms with van der Waals surface area (Å²) in [4.78, 5) is 35.9. The molecular formula is C12H11NO4. The first-order valence-corrected chi connectivity index (χ1v) is 5.26. The lowest BCUT2D eigenvalue weighted by Crippen LogP contribution is -2.35. The fraction of sp³-hybridized carbons (Fsp3) is 0.250. The smallest absolute Gasteiger partial charge is 0.326 e. The number of fused-ring (bicyclic) bond motifs is 1. The van der Waals surface area contributed by atoms with Gasteiger partial charge in [-0.2, -0.15) is 0 Å². The summed E-state index contributed by atoms with van der Waals surface area (Å²) in [5, 5.41) is 0. The van der Waals surface area contributed by atoms with Crippen LogP contribution in [0, 0.1) is 0 Å². The molecule has 2 rings (SSSR count). The summed E-state index contributed by atoms with van der Waals surface area (Å²) in [6, 6.07) is 6.50. The second-order valence-electron chi connectivity index (χ2n) is 3.55. The van der Waals surface area contributed by atoms with Crippen LogP contribution < -0.4 is 0 Å². The van der Waals surface area contributed by atoms with Gasteiger partial charge in [-0.1, -0.05) is 12.1 Å². The van der Waals surface area contributed by atoms with E-state index in [0.29, 0.717) is 11.1 Å². The maximum absolute atomic E-state index is 11.8. The molecule has 0 saturated carbocycles. The zero-order valence-electron chi connectivity index (χ0n) is 9.30. The number of hydrogen-bond donors (Lipinski definition) is 0. The van der Waals surface area contributed by atoms with Gasteiger partial charge in [0.25, 0.3) is 11.8 Å². The predicted molar refractivity (Wildman–Crippen MR) is 58.4 cm³/mol. The van der Waals surface area contributed by atoms with Gasteiger partial charge in [0, 0.05) is 0 Å². The van der Waals surface area contributed by atoms with Crippen LogP contribution in [0.5, 0.6) is 0 Å². The maximum atomic E-state index is 11.8. The lowest BCUT2D eigenvalue weighted by atomic mass is 10.1. The van der Waals surface area contributed by atoms with Gasteiger partial charge >= 0.3 is 5.97 Å². The number of ether oxygens (including phenoxy) is 1. The van der Waals surface area contributed by atoms with Gasteiger partial charge in [0.1, 0.15) is 6.54 Å². The normalized spacial score (nSPS) is 13.8. The molecule has 1 aliphatic heterocycles. The number of rotatable bonds is 3. The van der Waals surface area contributed by atoms with E-state index in [0.717, 1.165) is 4.90 Å². The summed E-state index contributed by atoms with van der Waals surface area (Å²) in [5.41, 5.74) is 0.670. The number of hydrogen-bond acceptors (Lipinski definition) is 4. The van der Waals surface area contributed by atoms with Gasteiger partial charge in [-0.3, -0.25) is 19.3 Å². The highest BCUT2D eigenvalue weighted by atomic mass is 16.6. The summed E-state index contributed by atoms with van der Waals surface area (Å²) in [6.07, 6.45) is 0. The molecule has 0 radical (unpaired) electrons. The third-order valence-electron chi connectivity index (χ3n) is 2.47. The number of nitrogens with zero attached hydrogens (tertiary/aromatic N) is 1. The Morgan fingerprint density at radius 3 is 2.18 bits per heavy atom. The monoisotopic (exact) mass is 235 g/mol. The third-order valence-corrected chi connectivity index (χ3v) is 2.47. The van der Waals surface area contributed by atoms with Crippen molar-refractivity contribution in [1.82, 2.24) is 4.90 Å². The zero-order valence-corrected chi connectivity index (χ0v) is 9.30. The molecule has 1 heterocycles. The molecule has 1 aromatic carbocycles. The van der Waals surface area contributed by atoms with Crippen LogP contribution in [0.15, 0.2) is 24.3 Å². The lowest BCUT2D eigenvalue weighted by Gasteiger charge is -2.12. The summed E-state index contributed by atoms with van der Waals surface area (Å²) < 4.78 is 4.71. The fourth-order valence-corrected chi connectivity index (χ4v) is 1.72. The van der Waals surface area contributed by atoms with Gasteiger partial charge in [-0.05, 0) is 19.1 Å². The van der Waals surface area contributed by atoms with Crippen molar-refractivity contribution in [2.75, 3.05) is 13.2 Å². The standard InChI is InChI=1S/C12H11NO4/c1-2-17-10(14)7-13-11(15)8-5-3-4-6-9(8)12(13)16/h3-6H,2,7H2,1H3/i7+1,10+1. The average molecular weight is 235 g/mol. The maximum Gasteiger partial charge on any atom is 0.326 e. The predicted octanol–water partition coefficient (Wildman–Crippen LogP) is 0.846. The van der Waals surface area contributed by atoms with Crippen LogP contribution in [-0.4, -0.2) is 35.8 Å². The largest absolute Gasteiger partial charge is 0.465 e. The number of esters is 1. The highest BCUT2D eigenvalue weighted by molar-refractivity contribution is 6.22. The summed E-state index contributed by atoms with van der Waals surface area (Å²) in [7, 11) is 0.